The second-order valence-electron chi connectivity index (χ2n) is 4.76. The third-order valence-corrected chi connectivity index (χ3v) is 3.58. The number of nitrogens with one attached hydrogen (secondary N) is 1. The minimum Gasteiger partial charge on any atom is -0.272 e. The summed E-state index contributed by atoms with van der Waals surface area (Å²) < 4.78 is 1.90. The number of hydrogen-bond donors (Lipinski definition) is 2. The molecular weight excluding hydrogens is 260 g/mol. The van der Waals surface area contributed by atoms with Crippen molar-refractivity contribution in [2.24, 2.45) is 12.9 Å². The van der Waals surface area contributed by atoms with Crippen LogP contribution in [0, 0.1) is 6.92 Å². The lowest BCUT2D eigenvalue weighted by molar-refractivity contribution is 0.505. The molecule has 1 unspecified atom stereocenters. The van der Waals surface area contributed by atoms with E-state index in [0.717, 1.165) is 34.8 Å². The van der Waals surface area contributed by atoms with Crippen molar-refractivity contribution in [1.82, 2.24) is 15.2 Å². The number of aryl methyl sites for hydroxylation is 2. The molecule has 1 heterocycles. The van der Waals surface area contributed by atoms with Crippen LogP contribution in [0.1, 0.15) is 17.0 Å². The Hall–Kier alpha value is -1.36. The maximum atomic E-state index is 6.18. The topological polar surface area (TPSA) is 55.9 Å². The molecule has 1 atom stereocenters. The molecule has 0 saturated carbocycles. The number of halogens is 1. The van der Waals surface area contributed by atoms with Crippen LogP contribution in [0.15, 0.2) is 30.3 Å². The lowest BCUT2D eigenvalue weighted by Gasteiger charge is -2.16. The van der Waals surface area contributed by atoms with E-state index in [1.807, 2.05) is 42.9 Å². The van der Waals surface area contributed by atoms with E-state index in [0.29, 0.717) is 0 Å². The quantitative estimate of drug-likeness (QED) is 0.650. The van der Waals surface area contributed by atoms with Crippen LogP contribution in [0.5, 0.6) is 0 Å². The van der Waals surface area contributed by atoms with E-state index in [2.05, 4.69) is 16.6 Å². The summed E-state index contributed by atoms with van der Waals surface area (Å²) in [6.45, 7) is 1.99. The monoisotopic (exact) mass is 278 g/mol. The predicted molar refractivity (Wildman–Crippen MR) is 77.9 cm³/mol. The summed E-state index contributed by atoms with van der Waals surface area (Å²) >= 11 is 6.18. The van der Waals surface area contributed by atoms with Gasteiger partial charge in [-0.05, 0) is 31.0 Å². The van der Waals surface area contributed by atoms with Crippen LogP contribution in [0.3, 0.4) is 0 Å². The first-order valence-corrected chi connectivity index (χ1v) is 6.67. The van der Waals surface area contributed by atoms with Crippen LogP contribution in [-0.2, 0) is 19.9 Å². The smallest absolute Gasteiger partial charge is 0.0596 e. The van der Waals surface area contributed by atoms with Crippen LogP contribution in [-0.4, -0.2) is 15.8 Å². The Kier molecular flexibility index (Phi) is 4.58. The van der Waals surface area contributed by atoms with E-state index < -0.39 is 0 Å². The second kappa shape index (κ2) is 6.19. The molecule has 0 bridgehead atoms. The highest BCUT2D eigenvalue weighted by Crippen LogP contribution is 2.18. The predicted octanol–water partition coefficient (Wildman–Crippen LogP) is 2.00. The van der Waals surface area contributed by atoms with Gasteiger partial charge < -0.3 is 0 Å². The van der Waals surface area contributed by atoms with Gasteiger partial charge in [0.1, 0.15) is 0 Å². The van der Waals surface area contributed by atoms with Crippen LogP contribution < -0.4 is 11.3 Å². The van der Waals surface area contributed by atoms with Gasteiger partial charge in [0.15, 0.2) is 0 Å². The summed E-state index contributed by atoms with van der Waals surface area (Å²) in [7, 11) is 1.95. The van der Waals surface area contributed by atoms with Crippen molar-refractivity contribution < 1.29 is 0 Å². The molecule has 0 spiro atoms. The zero-order chi connectivity index (χ0) is 13.8. The fourth-order valence-corrected chi connectivity index (χ4v) is 2.44. The lowest BCUT2D eigenvalue weighted by Crippen LogP contribution is -2.39. The molecule has 0 amide bonds. The van der Waals surface area contributed by atoms with Gasteiger partial charge in [-0.1, -0.05) is 29.8 Å². The van der Waals surface area contributed by atoms with Crippen molar-refractivity contribution in [2.75, 3.05) is 0 Å². The number of nitrogens with zero attached hydrogens (tertiary/aromatic N) is 2. The largest absolute Gasteiger partial charge is 0.272 e. The zero-order valence-corrected chi connectivity index (χ0v) is 12.0. The summed E-state index contributed by atoms with van der Waals surface area (Å²) in [6.07, 6.45) is 1.61. The minimum atomic E-state index is 0.134. The molecule has 102 valence electrons. The van der Waals surface area contributed by atoms with Gasteiger partial charge in [0.25, 0.3) is 0 Å². The van der Waals surface area contributed by atoms with Gasteiger partial charge in [-0.2, -0.15) is 5.10 Å². The van der Waals surface area contributed by atoms with Crippen LogP contribution in [0.25, 0.3) is 0 Å². The van der Waals surface area contributed by atoms with E-state index in [1.165, 1.54) is 0 Å². The lowest BCUT2D eigenvalue weighted by atomic mass is 10.0. The fraction of sp³-hybridized carbons (Fsp3) is 0.357. The van der Waals surface area contributed by atoms with Crippen LogP contribution >= 0.6 is 11.6 Å². The first-order valence-electron chi connectivity index (χ1n) is 6.29. The van der Waals surface area contributed by atoms with Crippen molar-refractivity contribution in [3.05, 3.63) is 52.3 Å². The van der Waals surface area contributed by atoms with Gasteiger partial charge >= 0.3 is 0 Å². The standard InChI is InChI=1S/C14H19ClN4/c1-10-7-13(19(2)18-10)9-12(17-16)8-11-5-3-4-6-14(11)15/h3-7,12,17H,8-9,16H2,1-2H3. The molecule has 0 radical (unpaired) electrons. The molecule has 0 aliphatic carbocycles. The molecule has 0 saturated heterocycles. The summed E-state index contributed by atoms with van der Waals surface area (Å²) in [5, 5.41) is 5.13. The molecule has 19 heavy (non-hydrogen) atoms. The molecule has 0 aliphatic heterocycles. The van der Waals surface area contributed by atoms with Crippen LogP contribution in [0.4, 0.5) is 0 Å². The van der Waals surface area contributed by atoms with Crippen molar-refractivity contribution >= 4 is 11.6 Å². The van der Waals surface area contributed by atoms with E-state index in [9.17, 15) is 0 Å². The summed E-state index contributed by atoms with van der Waals surface area (Å²) in [6, 6.07) is 10.1. The molecule has 2 rings (SSSR count). The minimum absolute atomic E-state index is 0.134. The van der Waals surface area contributed by atoms with Gasteiger partial charge in [0.05, 0.1) is 5.69 Å². The number of hydrazine groups is 1. The van der Waals surface area contributed by atoms with Crippen LogP contribution in [0.2, 0.25) is 5.02 Å². The third kappa shape index (κ3) is 3.56. The van der Waals surface area contributed by atoms with Gasteiger partial charge in [-0.25, -0.2) is 0 Å². The Labute approximate surface area is 118 Å². The maximum absolute atomic E-state index is 6.18. The molecule has 1 aromatic heterocycles. The summed E-state index contributed by atoms with van der Waals surface area (Å²) in [5.41, 5.74) is 6.14. The Balaban J connectivity index is 2.09. The van der Waals surface area contributed by atoms with Crippen molar-refractivity contribution in [3.8, 4) is 0 Å². The first-order chi connectivity index (χ1) is 9.10. The summed E-state index contributed by atoms with van der Waals surface area (Å²) in [4.78, 5) is 0. The molecule has 0 aliphatic rings. The summed E-state index contributed by atoms with van der Waals surface area (Å²) in [5.74, 6) is 5.65. The van der Waals surface area contributed by atoms with Crippen molar-refractivity contribution in [3.63, 3.8) is 0 Å². The van der Waals surface area contributed by atoms with E-state index >= 15 is 0 Å². The number of nitrogens with two attached hydrogens (primary N) is 1. The third-order valence-electron chi connectivity index (χ3n) is 3.21. The van der Waals surface area contributed by atoms with Crippen molar-refractivity contribution in [1.29, 1.82) is 0 Å². The molecule has 1 aromatic carbocycles. The molecule has 3 N–H and O–H groups in total. The Morgan fingerprint density at radius 1 is 1.37 bits per heavy atom. The Morgan fingerprint density at radius 3 is 2.68 bits per heavy atom. The van der Waals surface area contributed by atoms with Gasteiger partial charge in [0.2, 0.25) is 0 Å². The normalized spacial score (nSPS) is 12.6. The molecule has 2 aromatic rings. The first kappa shape index (κ1) is 14.1. The van der Waals surface area contributed by atoms with Gasteiger partial charge in [0, 0.05) is 30.2 Å². The highest BCUT2D eigenvalue weighted by atomic mass is 35.5. The average molecular weight is 279 g/mol. The number of rotatable bonds is 5. The van der Waals surface area contributed by atoms with Crippen molar-refractivity contribution in [2.45, 2.75) is 25.8 Å². The molecule has 0 fully saturated rings. The maximum Gasteiger partial charge on any atom is 0.0596 e. The number of hydrogen-bond acceptors (Lipinski definition) is 3. The highest BCUT2D eigenvalue weighted by Gasteiger charge is 2.13. The van der Waals surface area contributed by atoms with Gasteiger partial charge in [-0.3, -0.25) is 16.0 Å². The number of aromatic nitrogens is 2. The molecule has 4 nitrogen and oxygen atoms in total. The molecule has 5 heteroatoms. The Morgan fingerprint density at radius 2 is 2.11 bits per heavy atom. The van der Waals surface area contributed by atoms with E-state index in [-0.39, 0.29) is 6.04 Å². The number of benzene rings is 1. The van der Waals surface area contributed by atoms with E-state index in [4.69, 9.17) is 17.4 Å². The Bertz CT molecular complexity index is 550. The highest BCUT2D eigenvalue weighted by molar-refractivity contribution is 6.31. The second-order valence-corrected chi connectivity index (χ2v) is 5.17. The zero-order valence-electron chi connectivity index (χ0n) is 11.2. The fourth-order valence-electron chi connectivity index (χ4n) is 2.23. The average Bonchev–Trinajstić information content (AvgIpc) is 2.69. The SMILES string of the molecule is Cc1cc(CC(Cc2ccccc2Cl)NN)n(C)n1. The van der Waals surface area contributed by atoms with E-state index in [1.54, 1.807) is 0 Å². The molecular formula is C14H19ClN4. The van der Waals surface area contributed by atoms with Gasteiger partial charge in [-0.15, -0.1) is 0 Å².